The van der Waals surface area contributed by atoms with Crippen LogP contribution >= 0.6 is 0 Å². The molecule has 0 spiro atoms. The first kappa shape index (κ1) is 15.8. The largest absolute Gasteiger partial charge is 0.356 e. The summed E-state index contributed by atoms with van der Waals surface area (Å²) in [5, 5.41) is 2.89. The summed E-state index contributed by atoms with van der Waals surface area (Å²) < 4.78 is 0. The summed E-state index contributed by atoms with van der Waals surface area (Å²) in [6, 6.07) is 1.60. The second-order valence-corrected chi connectivity index (χ2v) is 5.99. The summed E-state index contributed by atoms with van der Waals surface area (Å²) in [5.41, 5.74) is 0.995. The number of rotatable bonds is 6. The summed E-state index contributed by atoms with van der Waals surface area (Å²) in [6.07, 6.45) is 5.10. The van der Waals surface area contributed by atoms with Crippen LogP contribution in [0.4, 0.5) is 0 Å². The van der Waals surface area contributed by atoms with Crippen molar-refractivity contribution in [3.63, 3.8) is 0 Å². The van der Waals surface area contributed by atoms with E-state index in [0.29, 0.717) is 17.8 Å². The van der Waals surface area contributed by atoms with E-state index < -0.39 is 0 Å². The van der Waals surface area contributed by atoms with E-state index in [9.17, 15) is 9.59 Å². The zero-order valence-corrected chi connectivity index (χ0v) is 12.9. The van der Waals surface area contributed by atoms with Gasteiger partial charge < -0.3 is 15.2 Å². The molecule has 0 aliphatic carbocycles. The minimum atomic E-state index is -0.144. The Morgan fingerprint density at radius 2 is 2.10 bits per heavy atom. The molecule has 0 atom stereocenters. The first-order chi connectivity index (χ1) is 10.1. The Hall–Kier alpha value is -1.62. The molecule has 2 heterocycles. The Kier molecular flexibility index (Phi) is 5.56. The molecule has 1 aliphatic rings. The Bertz CT molecular complexity index is 487. The maximum Gasteiger partial charge on any atom is 0.267 e. The van der Waals surface area contributed by atoms with Gasteiger partial charge in [0.05, 0.1) is 0 Å². The number of aromatic nitrogens is 1. The summed E-state index contributed by atoms with van der Waals surface area (Å²) in [7, 11) is 0. The van der Waals surface area contributed by atoms with Crippen LogP contribution in [-0.4, -0.2) is 47.8 Å². The molecular weight excluding hydrogens is 266 g/mol. The van der Waals surface area contributed by atoms with E-state index in [1.165, 1.54) is 32.9 Å². The highest BCUT2D eigenvalue weighted by atomic mass is 16.2. The van der Waals surface area contributed by atoms with Crippen molar-refractivity contribution < 1.29 is 9.59 Å². The average Bonchev–Trinajstić information content (AvgIpc) is 2.95. The van der Waals surface area contributed by atoms with Crippen LogP contribution in [0.2, 0.25) is 0 Å². The Morgan fingerprint density at radius 3 is 2.71 bits per heavy atom. The zero-order valence-electron chi connectivity index (χ0n) is 12.9. The van der Waals surface area contributed by atoms with E-state index >= 15 is 0 Å². The van der Waals surface area contributed by atoms with Gasteiger partial charge in [0, 0.05) is 18.3 Å². The summed E-state index contributed by atoms with van der Waals surface area (Å²) in [5.74, 6) is 0.670. The molecule has 2 N–H and O–H groups in total. The van der Waals surface area contributed by atoms with Gasteiger partial charge in [0.15, 0.2) is 5.78 Å². The monoisotopic (exact) mass is 291 g/mol. The fourth-order valence-corrected chi connectivity index (χ4v) is 2.61. The molecular formula is C16H25N3O2. The van der Waals surface area contributed by atoms with Crippen LogP contribution in [-0.2, 0) is 0 Å². The Balaban J connectivity index is 1.66. The number of amides is 1. The molecule has 116 valence electrons. The molecule has 1 amide bonds. The highest BCUT2D eigenvalue weighted by molar-refractivity contribution is 5.99. The number of likely N-dealkylation sites (tertiary alicyclic amines) is 1. The Morgan fingerprint density at radius 1 is 1.38 bits per heavy atom. The summed E-state index contributed by atoms with van der Waals surface area (Å²) in [6.45, 7) is 7.85. The van der Waals surface area contributed by atoms with Gasteiger partial charge in [-0.2, -0.15) is 0 Å². The number of piperidine rings is 1. The number of H-pyrrole nitrogens is 1. The molecule has 1 fully saturated rings. The minimum absolute atomic E-state index is 0.0374. The van der Waals surface area contributed by atoms with Crippen molar-refractivity contribution in [2.24, 2.45) is 5.92 Å². The lowest BCUT2D eigenvalue weighted by Gasteiger charge is -2.30. The van der Waals surface area contributed by atoms with Gasteiger partial charge in [0.2, 0.25) is 0 Å². The normalized spacial score (nSPS) is 16.9. The molecule has 5 nitrogen and oxygen atoms in total. The van der Waals surface area contributed by atoms with E-state index in [-0.39, 0.29) is 11.7 Å². The summed E-state index contributed by atoms with van der Waals surface area (Å²) >= 11 is 0. The number of Topliss-reactive ketones (excluding diaryl/α,β-unsaturated/α-hetero) is 1. The van der Waals surface area contributed by atoms with Crippen molar-refractivity contribution in [2.45, 2.75) is 33.1 Å². The lowest BCUT2D eigenvalue weighted by Crippen LogP contribution is -2.35. The van der Waals surface area contributed by atoms with E-state index in [0.717, 1.165) is 18.9 Å². The number of nitrogens with zero attached hydrogens (tertiary/aromatic N) is 1. The highest BCUT2D eigenvalue weighted by Gasteiger charge is 2.15. The van der Waals surface area contributed by atoms with Crippen LogP contribution in [0.3, 0.4) is 0 Å². The number of hydrogen-bond donors (Lipinski definition) is 2. The minimum Gasteiger partial charge on any atom is -0.356 e. The maximum absolute atomic E-state index is 11.9. The SMILES string of the molecule is CC(=O)c1c[nH]c(C(=O)NCCCN2CCC(C)CC2)c1. The van der Waals surface area contributed by atoms with Gasteiger partial charge in [-0.05, 0) is 57.8 Å². The molecule has 21 heavy (non-hydrogen) atoms. The molecule has 0 aromatic carbocycles. The number of nitrogens with one attached hydrogen (secondary N) is 2. The lowest BCUT2D eigenvalue weighted by molar-refractivity contribution is 0.0946. The molecule has 1 saturated heterocycles. The van der Waals surface area contributed by atoms with Crippen LogP contribution in [0.1, 0.15) is 54.0 Å². The quantitative estimate of drug-likeness (QED) is 0.623. The standard InChI is InChI=1S/C16H25N3O2/c1-12-4-8-19(9-5-12)7-3-6-17-16(21)15-10-14(11-18-15)13(2)20/h10-12,18H,3-9H2,1-2H3,(H,17,21). The predicted molar refractivity (Wildman–Crippen MR) is 82.6 cm³/mol. The van der Waals surface area contributed by atoms with Gasteiger partial charge in [-0.1, -0.05) is 6.92 Å². The van der Waals surface area contributed by atoms with Crippen molar-refractivity contribution >= 4 is 11.7 Å². The molecule has 0 bridgehead atoms. The molecule has 5 heteroatoms. The molecule has 2 rings (SSSR count). The molecule has 0 saturated carbocycles. The number of carbonyl (C=O) groups excluding carboxylic acids is 2. The van der Waals surface area contributed by atoms with E-state index in [1.54, 1.807) is 12.3 Å². The van der Waals surface area contributed by atoms with Crippen molar-refractivity contribution in [2.75, 3.05) is 26.2 Å². The number of carbonyl (C=O) groups is 2. The van der Waals surface area contributed by atoms with Crippen molar-refractivity contribution in [3.8, 4) is 0 Å². The van der Waals surface area contributed by atoms with Gasteiger partial charge in [-0.25, -0.2) is 0 Å². The maximum atomic E-state index is 11.9. The average molecular weight is 291 g/mol. The van der Waals surface area contributed by atoms with Crippen LogP contribution in [0.25, 0.3) is 0 Å². The third-order valence-corrected chi connectivity index (χ3v) is 4.15. The van der Waals surface area contributed by atoms with Gasteiger partial charge in [0.1, 0.15) is 5.69 Å². The van der Waals surface area contributed by atoms with Gasteiger partial charge >= 0.3 is 0 Å². The number of aromatic amines is 1. The topological polar surface area (TPSA) is 65.2 Å². The molecule has 1 aromatic rings. The van der Waals surface area contributed by atoms with Gasteiger partial charge in [-0.15, -0.1) is 0 Å². The van der Waals surface area contributed by atoms with Crippen LogP contribution in [0, 0.1) is 5.92 Å². The number of ketones is 1. The summed E-state index contributed by atoms with van der Waals surface area (Å²) in [4.78, 5) is 28.4. The van der Waals surface area contributed by atoms with E-state index in [1.807, 2.05) is 0 Å². The molecule has 0 unspecified atom stereocenters. The second kappa shape index (κ2) is 7.41. The molecule has 1 aromatic heterocycles. The fraction of sp³-hybridized carbons (Fsp3) is 0.625. The van der Waals surface area contributed by atoms with Crippen molar-refractivity contribution in [1.29, 1.82) is 0 Å². The van der Waals surface area contributed by atoms with Crippen molar-refractivity contribution in [3.05, 3.63) is 23.5 Å². The highest BCUT2D eigenvalue weighted by Crippen LogP contribution is 2.15. The third kappa shape index (κ3) is 4.70. The first-order valence-electron chi connectivity index (χ1n) is 7.76. The second-order valence-electron chi connectivity index (χ2n) is 5.99. The lowest BCUT2D eigenvalue weighted by atomic mass is 9.99. The van der Waals surface area contributed by atoms with E-state index in [4.69, 9.17) is 0 Å². The van der Waals surface area contributed by atoms with Gasteiger partial charge in [0.25, 0.3) is 5.91 Å². The van der Waals surface area contributed by atoms with Crippen LogP contribution in [0.5, 0.6) is 0 Å². The van der Waals surface area contributed by atoms with Crippen LogP contribution in [0.15, 0.2) is 12.3 Å². The van der Waals surface area contributed by atoms with Crippen molar-refractivity contribution in [1.82, 2.24) is 15.2 Å². The van der Waals surface area contributed by atoms with Crippen LogP contribution < -0.4 is 5.32 Å². The number of hydrogen-bond acceptors (Lipinski definition) is 3. The van der Waals surface area contributed by atoms with Gasteiger partial charge in [-0.3, -0.25) is 9.59 Å². The predicted octanol–water partition coefficient (Wildman–Crippen LogP) is 2.07. The smallest absolute Gasteiger partial charge is 0.267 e. The molecule has 1 aliphatic heterocycles. The third-order valence-electron chi connectivity index (χ3n) is 4.15. The van der Waals surface area contributed by atoms with E-state index in [2.05, 4.69) is 22.1 Å². The molecule has 0 radical (unpaired) electrons. The Labute approximate surface area is 126 Å². The zero-order chi connectivity index (χ0) is 15.2. The first-order valence-corrected chi connectivity index (χ1v) is 7.76. The fourth-order valence-electron chi connectivity index (χ4n) is 2.61.